The molecule has 0 fully saturated rings. The molecule has 0 amide bonds. The van der Waals surface area contributed by atoms with Crippen molar-refractivity contribution in [1.29, 1.82) is 0 Å². The second-order valence-corrected chi connectivity index (χ2v) is 5.78. The number of aromatic nitrogens is 1. The molecule has 3 rings (SSSR count). The number of hydrogen-bond donors (Lipinski definition) is 2. The second kappa shape index (κ2) is 5.77. The average Bonchev–Trinajstić information content (AvgIpc) is 2.49. The van der Waals surface area contributed by atoms with Gasteiger partial charge >= 0.3 is 5.97 Å². The zero-order valence-corrected chi connectivity index (χ0v) is 13.4. The van der Waals surface area contributed by atoms with Crippen LogP contribution in [0.5, 0.6) is 0 Å². The van der Waals surface area contributed by atoms with E-state index in [1.165, 1.54) is 0 Å². The first kappa shape index (κ1) is 14.5. The fourth-order valence-corrected chi connectivity index (χ4v) is 2.82. The van der Waals surface area contributed by atoms with Crippen LogP contribution in [0.1, 0.15) is 16.1 Å². The number of pyridine rings is 1. The molecule has 0 bridgehead atoms. The summed E-state index contributed by atoms with van der Waals surface area (Å²) in [6, 6.07) is 14.6. The third-order valence-corrected chi connectivity index (χ3v) is 3.99. The van der Waals surface area contributed by atoms with Gasteiger partial charge in [0.15, 0.2) is 0 Å². The summed E-state index contributed by atoms with van der Waals surface area (Å²) in [7, 11) is 0. The Balaban J connectivity index is 2.16. The van der Waals surface area contributed by atoms with Crippen molar-refractivity contribution >= 4 is 44.2 Å². The van der Waals surface area contributed by atoms with E-state index in [0.29, 0.717) is 5.69 Å². The van der Waals surface area contributed by atoms with Crippen LogP contribution < -0.4 is 5.32 Å². The van der Waals surface area contributed by atoms with Gasteiger partial charge in [0.05, 0.1) is 16.8 Å². The Labute approximate surface area is 135 Å². The molecule has 1 aromatic heterocycles. The number of nitrogens with one attached hydrogen (secondary N) is 1. The molecule has 0 aliphatic carbocycles. The molecule has 0 saturated heterocycles. The lowest BCUT2D eigenvalue weighted by Gasteiger charge is -2.13. The summed E-state index contributed by atoms with van der Waals surface area (Å²) in [6.45, 7) is 1.91. The van der Waals surface area contributed by atoms with E-state index in [9.17, 15) is 9.90 Å². The largest absolute Gasteiger partial charge is 0.478 e. The van der Waals surface area contributed by atoms with Crippen LogP contribution in [0, 0.1) is 6.92 Å². The Morgan fingerprint density at radius 1 is 1.14 bits per heavy atom. The van der Waals surface area contributed by atoms with E-state index in [-0.39, 0.29) is 5.56 Å². The summed E-state index contributed by atoms with van der Waals surface area (Å²) in [4.78, 5) is 15.9. The smallest absolute Gasteiger partial charge is 0.337 e. The van der Waals surface area contributed by atoms with Crippen LogP contribution in [0.2, 0.25) is 0 Å². The minimum atomic E-state index is -0.959. The number of fused-ring (bicyclic) bond motifs is 1. The molecule has 1 heterocycles. The third-order valence-electron chi connectivity index (χ3n) is 3.35. The Bertz CT molecular complexity index is 878. The number of nitrogens with zero attached hydrogens (tertiary/aromatic N) is 1. The lowest BCUT2D eigenvalue weighted by Crippen LogP contribution is -2.03. The highest BCUT2D eigenvalue weighted by Crippen LogP contribution is 2.31. The number of anilines is 2. The van der Waals surface area contributed by atoms with Crippen molar-refractivity contribution in [2.24, 2.45) is 0 Å². The van der Waals surface area contributed by atoms with Gasteiger partial charge in [-0.25, -0.2) is 4.79 Å². The van der Waals surface area contributed by atoms with E-state index in [1.54, 1.807) is 24.3 Å². The number of para-hydroxylation sites is 2. The van der Waals surface area contributed by atoms with Crippen LogP contribution in [-0.2, 0) is 0 Å². The molecule has 110 valence electrons. The number of aromatic carboxylic acids is 1. The molecular weight excluding hydrogens is 344 g/mol. The van der Waals surface area contributed by atoms with Gasteiger partial charge in [0.25, 0.3) is 0 Å². The SMILES string of the molecule is Cc1cc(Nc2ccccc2C(=O)O)c2cccc(Br)c2n1. The second-order valence-electron chi connectivity index (χ2n) is 4.92. The van der Waals surface area contributed by atoms with Gasteiger partial charge in [0.2, 0.25) is 0 Å². The van der Waals surface area contributed by atoms with Crippen molar-refractivity contribution in [3.05, 3.63) is 64.3 Å². The van der Waals surface area contributed by atoms with Gasteiger partial charge in [0, 0.05) is 21.2 Å². The van der Waals surface area contributed by atoms with Gasteiger partial charge < -0.3 is 10.4 Å². The molecule has 2 aromatic carbocycles. The molecule has 0 aliphatic rings. The van der Waals surface area contributed by atoms with Crippen molar-refractivity contribution in [3.63, 3.8) is 0 Å². The monoisotopic (exact) mass is 356 g/mol. The maximum atomic E-state index is 11.3. The molecule has 2 N–H and O–H groups in total. The van der Waals surface area contributed by atoms with Crippen molar-refractivity contribution in [3.8, 4) is 0 Å². The van der Waals surface area contributed by atoms with E-state index in [4.69, 9.17) is 0 Å². The quantitative estimate of drug-likeness (QED) is 0.710. The number of aryl methyl sites for hydroxylation is 1. The summed E-state index contributed by atoms with van der Waals surface area (Å²) < 4.78 is 0.906. The minimum Gasteiger partial charge on any atom is -0.478 e. The zero-order valence-electron chi connectivity index (χ0n) is 11.8. The van der Waals surface area contributed by atoms with Gasteiger partial charge in [-0.1, -0.05) is 24.3 Å². The van der Waals surface area contributed by atoms with Crippen molar-refractivity contribution in [2.45, 2.75) is 6.92 Å². The number of rotatable bonds is 3. The number of hydrogen-bond acceptors (Lipinski definition) is 3. The normalized spacial score (nSPS) is 10.6. The highest BCUT2D eigenvalue weighted by Gasteiger charge is 2.12. The number of carboxylic acid groups (broad SMARTS) is 1. The summed E-state index contributed by atoms with van der Waals surface area (Å²) in [5, 5.41) is 13.4. The van der Waals surface area contributed by atoms with Crippen molar-refractivity contribution in [2.75, 3.05) is 5.32 Å². The van der Waals surface area contributed by atoms with Crippen LogP contribution in [0.15, 0.2) is 53.0 Å². The number of benzene rings is 2. The van der Waals surface area contributed by atoms with Crippen LogP contribution in [-0.4, -0.2) is 16.1 Å². The maximum absolute atomic E-state index is 11.3. The molecule has 3 aromatic rings. The molecule has 0 saturated carbocycles. The summed E-state index contributed by atoms with van der Waals surface area (Å²) >= 11 is 3.50. The Kier molecular flexibility index (Phi) is 3.81. The van der Waals surface area contributed by atoms with Crippen LogP contribution >= 0.6 is 15.9 Å². The van der Waals surface area contributed by atoms with Crippen LogP contribution in [0.3, 0.4) is 0 Å². The van der Waals surface area contributed by atoms with E-state index in [0.717, 1.165) is 26.8 Å². The van der Waals surface area contributed by atoms with E-state index in [1.807, 2.05) is 31.2 Å². The fourth-order valence-electron chi connectivity index (χ4n) is 2.37. The highest BCUT2D eigenvalue weighted by molar-refractivity contribution is 9.10. The minimum absolute atomic E-state index is 0.236. The molecule has 5 heteroatoms. The molecular formula is C17H13BrN2O2. The standard InChI is InChI=1S/C17H13BrN2O2/c1-10-9-15(11-6-4-7-13(18)16(11)19-10)20-14-8-3-2-5-12(14)17(21)22/h2-9H,1H3,(H,19,20)(H,21,22). The highest BCUT2D eigenvalue weighted by atomic mass is 79.9. The molecule has 22 heavy (non-hydrogen) atoms. The van der Waals surface area contributed by atoms with Crippen molar-refractivity contribution in [1.82, 2.24) is 4.98 Å². The van der Waals surface area contributed by atoms with E-state index < -0.39 is 5.97 Å². The molecule has 0 atom stereocenters. The fraction of sp³-hybridized carbons (Fsp3) is 0.0588. The number of carbonyl (C=O) groups is 1. The number of halogens is 1. The zero-order chi connectivity index (χ0) is 15.7. The number of carboxylic acids is 1. The van der Waals surface area contributed by atoms with Gasteiger partial charge in [-0.05, 0) is 47.1 Å². The molecule has 4 nitrogen and oxygen atoms in total. The van der Waals surface area contributed by atoms with Crippen LogP contribution in [0.25, 0.3) is 10.9 Å². The topological polar surface area (TPSA) is 62.2 Å². The first-order chi connectivity index (χ1) is 10.6. The van der Waals surface area contributed by atoms with Gasteiger partial charge in [-0.15, -0.1) is 0 Å². The van der Waals surface area contributed by atoms with Gasteiger partial charge in [0.1, 0.15) is 0 Å². The maximum Gasteiger partial charge on any atom is 0.337 e. The Hall–Kier alpha value is -2.40. The summed E-state index contributed by atoms with van der Waals surface area (Å²) in [6.07, 6.45) is 0. The molecule has 0 radical (unpaired) electrons. The predicted octanol–water partition coefficient (Wildman–Crippen LogP) is 4.75. The average molecular weight is 357 g/mol. The summed E-state index contributed by atoms with van der Waals surface area (Å²) in [5.74, 6) is -0.959. The lowest BCUT2D eigenvalue weighted by atomic mass is 10.1. The van der Waals surface area contributed by atoms with Gasteiger partial charge in [-0.3, -0.25) is 4.98 Å². The Morgan fingerprint density at radius 3 is 2.68 bits per heavy atom. The predicted molar refractivity (Wildman–Crippen MR) is 90.9 cm³/mol. The van der Waals surface area contributed by atoms with E-state index >= 15 is 0 Å². The summed E-state index contributed by atoms with van der Waals surface area (Å²) in [5.41, 5.74) is 3.33. The Morgan fingerprint density at radius 2 is 1.91 bits per heavy atom. The molecule has 0 spiro atoms. The van der Waals surface area contributed by atoms with Crippen LogP contribution in [0.4, 0.5) is 11.4 Å². The van der Waals surface area contributed by atoms with Gasteiger partial charge in [-0.2, -0.15) is 0 Å². The lowest BCUT2D eigenvalue weighted by molar-refractivity contribution is 0.0698. The first-order valence-corrected chi connectivity index (χ1v) is 7.51. The first-order valence-electron chi connectivity index (χ1n) is 6.71. The molecule has 0 aliphatic heterocycles. The van der Waals surface area contributed by atoms with E-state index in [2.05, 4.69) is 26.2 Å². The third kappa shape index (κ3) is 2.67. The molecule has 0 unspecified atom stereocenters. The van der Waals surface area contributed by atoms with Crippen molar-refractivity contribution < 1.29 is 9.90 Å².